The van der Waals surface area contributed by atoms with Gasteiger partial charge in [-0.25, -0.2) is 12.7 Å². The maximum atomic E-state index is 12.5. The third kappa shape index (κ3) is 4.27. The molecule has 5 nitrogen and oxygen atoms in total. The number of nitrogens with zero attached hydrogens (tertiary/aromatic N) is 2. The molecule has 1 unspecified atom stereocenters. The van der Waals surface area contributed by atoms with Crippen molar-refractivity contribution in [3.63, 3.8) is 0 Å². The number of rotatable bonds is 3. The number of aliphatic hydroxyl groups is 1. The van der Waals surface area contributed by atoms with Crippen LogP contribution in [0.1, 0.15) is 37.3 Å². The molecule has 1 aliphatic heterocycles. The summed E-state index contributed by atoms with van der Waals surface area (Å²) in [6.07, 6.45) is 1.72. The molecule has 1 atom stereocenters. The van der Waals surface area contributed by atoms with Gasteiger partial charge in [0, 0.05) is 13.1 Å². The van der Waals surface area contributed by atoms with Gasteiger partial charge in [0.25, 0.3) is 0 Å². The monoisotopic (exact) mass is 308 g/mol. The first kappa shape index (κ1) is 16.0. The summed E-state index contributed by atoms with van der Waals surface area (Å²) in [5.41, 5.74) is 0.289. The summed E-state index contributed by atoms with van der Waals surface area (Å²) in [6.45, 7) is 2.53. The molecule has 0 aromatic heterocycles. The second-order valence-electron chi connectivity index (χ2n) is 5.82. The van der Waals surface area contributed by atoms with E-state index < -0.39 is 15.6 Å². The van der Waals surface area contributed by atoms with Gasteiger partial charge in [0.05, 0.1) is 23.0 Å². The lowest BCUT2D eigenvalue weighted by atomic mass is 9.98. The van der Waals surface area contributed by atoms with Gasteiger partial charge in [-0.1, -0.05) is 12.1 Å². The highest BCUT2D eigenvalue weighted by Gasteiger charge is 2.30. The van der Waals surface area contributed by atoms with E-state index in [4.69, 9.17) is 5.26 Å². The minimum absolute atomic E-state index is 0.106. The van der Waals surface area contributed by atoms with E-state index in [0.29, 0.717) is 43.5 Å². The maximum absolute atomic E-state index is 12.5. The molecule has 1 aliphatic rings. The molecule has 1 saturated heterocycles. The number of hydrogen-bond acceptors (Lipinski definition) is 4. The average Bonchev–Trinajstić information content (AvgIpc) is 2.60. The van der Waals surface area contributed by atoms with Crippen molar-refractivity contribution in [1.82, 2.24) is 4.31 Å². The fraction of sp³-hybridized carbons (Fsp3) is 0.533. The van der Waals surface area contributed by atoms with Crippen LogP contribution in [0.3, 0.4) is 0 Å². The first-order valence-electron chi connectivity index (χ1n) is 7.02. The lowest BCUT2D eigenvalue weighted by Gasteiger charge is -2.22. The number of hydrogen-bond donors (Lipinski definition) is 1. The van der Waals surface area contributed by atoms with Gasteiger partial charge < -0.3 is 5.11 Å². The van der Waals surface area contributed by atoms with E-state index in [0.717, 1.165) is 0 Å². The van der Waals surface area contributed by atoms with Crippen molar-refractivity contribution < 1.29 is 13.5 Å². The quantitative estimate of drug-likeness (QED) is 0.920. The highest BCUT2D eigenvalue weighted by atomic mass is 32.2. The fourth-order valence-corrected chi connectivity index (χ4v) is 4.11. The SMILES string of the molecule is CC1(O)CCCN(S(=O)(=O)Cc2cccc(C#N)c2)CC1. The second kappa shape index (κ2) is 6.14. The second-order valence-corrected chi connectivity index (χ2v) is 7.79. The minimum Gasteiger partial charge on any atom is -0.390 e. The van der Waals surface area contributed by atoms with Crippen LogP contribution in [0, 0.1) is 11.3 Å². The molecule has 0 spiro atoms. The Bertz CT molecular complexity index is 647. The Hall–Kier alpha value is -1.42. The van der Waals surface area contributed by atoms with Crippen LogP contribution in [0.2, 0.25) is 0 Å². The lowest BCUT2D eigenvalue weighted by Crippen LogP contribution is -2.34. The van der Waals surface area contributed by atoms with E-state index >= 15 is 0 Å². The minimum atomic E-state index is -3.42. The van der Waals surface area contributed by atoms with Gasteiger partial charge in [0.2, 0.25) is 10.0 Å². The van der Waals surface area contributed by atoms with E-state index in [-0.39, 0.29) is 5.75 Å². The van der Waals surface area contributed by atoms with Crippen LogP contribution in [-0.4, -0.2) is 36.5 Å². The van der Waals surface area contributed by atoms with E-state index in [2.05, 4.69) is 0 Å². The fourth-order valence-electron chi connectivity index (χ4n) is 2.55. The van der Waals surface area contributed by atoms with Gasteiger partial charge in [0.15, 0.2) is 0 Å². The Kier molecular flexibility index (Phi) is 4.67. The molecule has 0 radical (unpaired) electrons. The predicted octanol–water partition coefficient (Wildman–Crippen LogP) is 1.62. The molecule has 6 heteroatoms. The molecule has 21 heavy (non-hydrogen) atoms. The third-order valence-electron chi connectivity index (χ3n) is 3.82. The average molecular weight is 308 g/mol. The van der Waals surface area contributed by atoms with E-state index in [1.54, 1.807) is 31.2 Å². The van der Waals surface area contributed by atoms with Crippen LogP contribution in [0.15, 0.2) is 24.3 Å². The summed E-state index contributed by atoms with van der Waals surface area (Å²) in [7, 11) is -3.42. The lowest BCUT2D eigenvalue weighted by molar-refractivity contribution is 0.0465. The highest BCUT2D eigenvalue weighted by molar-refractivity contribution is 7.88. The summed E-state index contributed by atoms with van der Waals surface area (Å²) < 4.78 is 26.4. The van der Waals surface area contributed by atoms with Gasteiger partial charge in [-0.05, 0) is 43.9 Å². The molecule has 1 fully saturated rings. The first-order valence-corrected chi connectivity index (χ1v) is 8.63. The topological polar surface area (TPSA) is 81.4 Å². The molecule has 0 bridgehead atoms. The molecule has 0 amide bonds. The number of benzene rings is 1. The highest BCUT2D eigenvalue weighted by Crippen LogP contribution is 2.24. The third-order valence-corrected chi connectivity index (χ3v) is 5.67. The van der Waals surface area contributed by atoms with Gasteiger partial charge in [-0.2, -0.15) is 5.26 Å². The molecular formula is C15H20N2O3S. The summed E-state index contributed by atoms with van der Waals surface area (Å²) in [5, 5.41) is 18.9. The molecule has 114 valence electrons. The summed E-state index contributed by atoms with van der Waals surface area (Å²) in [5.74, 6) is -0.106. The van der Waals surface area contributed by atoms with Crippen molar-refractivity contribution in [2.24, 2.45) is 0 Å². The van der Waals surface area contributed by atoms with Gasteiger partial charge >= 0.3 is 0 Å². The number of sulfonamides is 1. The summed E-state index contributed by atoms with van der Waals surface area (Å²) >= 11 is 0. The Balaban J connectivity index is 2.13. The van der Waals surface area contributed by atoms with Crippen LogP contribution in [0.5, 0.6) is 0 Å². The normalized spacial score (nSPS) is 24.2. The Labute approximate surface area is 125 Å². The smallest absolute Gasteiger partial charge is 0.218 e. The van der Waals surface area contributed by atoms with Crippen LogP contribution in [0.25, 0.3) is 0 Å². The maximum Gasteiger partial charge on any atom is 0.218 e. The van der Waals surface area contributed by atoms with Crippen molar-refractivity contribution in [3.8, 4) is 6.07 Å². The van der Waals surface area contributed by atoms with Gasteiger partial charge in [0.1, 0.15) is 0 Å². The van der Waals surface area contributed by atoms with Crippen molar-refractivity contribution in [1.29, 1.82) is 5.26 Å². The van der Waals surface area contributed by atoms with Crippen LogP contribution >= 0.6 is 0 Å². The Morgan fingerprint density at radius 3 is 2.86 bits per heavy atom. The van der Waals surface area contributed by atoms with Crippen molar-refractivity contribution in [2.75, 3.05) is 13.1 Å². The molecule has 0 aliphatic carbocycles. The molecule has 1 aromatic carbocycles. The van der Waals surface area contributed by atoms with E-state index in [1.807, 2.05) is 6.07 Å². The van der Waals surface area contributed by atoms with Gasteiger partial charge in [-0.3, -0.25) is 0 Å². The van der Waals surface area contributed by atoms with Crippen LogP contribution in [-0.2, 0) is 15.8 Å². The van der Waals surface area contributed by atoms with E-state index in [9.17, 15) is 13.5 Å². The molecule has 0 saturated carbocycles. The van der Waals surface area contributed by atoms with Gasteiger partial charge in [-0.15, -0.1) is 0 Å². The number of nitriles is 1. The zero-order valence-corrected chi connectivity index (χ0v) is 12.9. The molecule has 1 heterocycles. The van der Waals surface area contributed by atoms with Crippen LogP contribution in [0.4, 0.5) is 0 Å². The Morgan fingerprint density at radius 2 is 2.14 bits per heavy atom. The molecule has 1 N–H and O–H groups in total. The van der Waals surface area contributed by atoms with E-state index in [1.165, 1.54) is 4.31 Å². The zero-order valence-electron chi connectivity index (χ0n) is 12.1. The van der Waals surface area contributed by atoms with Crippen LogP contribution < -0.4 is 0 Å². The first-order chi connectivity index (χ1) is 9.82. The summed E-state index contributed by atoms with van der Waals surface area (Å²) in [4.78, 5) is 0. The Morgan fingerprint density at radius 1 is 1.38 bits per heavy atom. The molecular weight excluding hydrogens is 288 g/mol. The van der Waals surface area contributed by atoms with Crippen molar-refractivity contribution >= 4 is 10.0 Å². The zero-order chi connectivity index (χ0) is 15.5. The standard InChI is InChI=1S/C15H20N2O3S/c1-15(18)6-3-8-17(9-7-15)21(19,20)12-14-5-2-4-13(10-14)11-16/h2,4-5,10,18H,3,6-9,12H2,1H3. The predicted molar refractivity (Wildman–Crippen MR) is 79.8 cm³/mol. The summed E-state index contributed by atoms with van der Waals surface area (Å²) in [6, 6.07) is 8.67. The molecule has 1 aromatic rings. The van der Waals surface area contributed by atoms with Crippen molar-refractivity contribution in [3.05, 3.63) is 35.4 Å². The van der Waals surface area contributed by atoms with Crippen molar-refractivity contribution in [2.45, 2.75) is 37.5 Å². The molecule has 2 rings (SSSR count). The largest absolute Gasteiger partial charge is 0.390 e.